The Balaban J connectivity index is 0.000000915. The molecule has 3 aliphatic heterocycles. The van der Waals surface area contributed by atoms with Crippen LogP contribution in [0.3, 0.4) is 0 Å². The molecule has 2 amide bonds. The van der Waals surface area contributed by atoms with Gasteiger partial charge in [-0.1, -0.05) is 18.6 Å². The van der Waals surface area contributed by atoms with Crippen molar-refractivity contribution in [3.8, 4) is 0 Å². The Kier molecular flexibility index (Phi) is 22.9. The van der Waals surface area contributed by atoms with Gasteiger partial charge in [0.15, 0.2) is 0 Å². The molecule has 0 aromatic carbocycles. The topological polar surface area (TPSA) is 141 Å². The summed E-state index contributed by atoms with van der Waals surface area (Å²) in [7, 11) is 1.40. The van der Waals surface area contributed by atoms with E-state index < -0.39 is 11.2 Å². The first-order chi connectivity index (χ1) is 25.2. The van der Waals surface area contributed by atoms with Gasteiger partial charge in [-0.3, -0.25) is 14.6 Å². The van der Waals surface area contributed by atoms with Gasteiger partial charge in [0.05, 0.1) is 7.11 Å². The van der Waals surface area contributed by atoms with Gasteiger partial charge in [-0.25, -0.2) is 19.6 Å². The largest absolute Gasteiger partial charge is 1.00 e. The Morgan fingerprint density at radius 1 is 0.727 bits per heavy atom. The number of rotatable bonds is 10. The zero-order chi connectivity index (χ0) is 38.9. The number of carbonyl (C=O) groups excluding carboxylic acids is 3. The van der Waals surface area contributed by atoms with Crippen molar-refractivity contribution in [2.24, 2.45) is 0 Å². The van der Waals surface area contributed by atoms with E-state index in [0.717, 1.165) is 112 Å². The molecule has 2 aromatic heterocycles. The van der Waals surface area contributed by atoms with Crippen LogP contribution < -0.4 is 28.7 Å². The molecule has 1 saturated heterocycles. The molecule has 5 rings (SSSR count). The maximum Gasteiger partial charge on any atom is 1.00 e. The molecule has 301 valence electrons. The summed E-state index contributed by atoms with van der Waals surface area (Å²) in [6, 6.07) is 8.20. The molecule has 3 aliphatic rings. The maximum atomic E-state index is 12.5. The van der Waals surface area contributed by atoms with Gasteiger partial charge in [-0.15, -0.1) is 0 Å². The molecule has 1 fully saturated rings. The van der Waals surface area contributed by atoms with E-state index in [9.17, 15) is 14.4 Å². The molecule has 55 heavy (non-hydrogen) atoms. The Bertz CT molecular complexity index is 1460. The van der Waals surface area contributed by atoms with Gasteiger partial charge < -0.3 is 25.5 Å². The summed E-state index contributed by atoms with van der Waals surface area (Å²) in [4.78, 5) is 48.7. The molecule has 3 radical (unpaired) electrons. The smallest absolute Gasteiger partial charge is 1.00 e. The van der Waals surface area contributed by atoms with Crippen molar-refractivity contribution in [1.82, 2.24) is 9.97 Å². The molecule has 12 nitrogen and oxygen atoms in total. The normalized spacial score (nSPS) is 14.6. The number of hydrogen-bond acceptors (Lipinski definition) is 10. The minimum atomic E-state index is -0.528. The molecule has 14 heteroatoms. The number of hydrogen-bond donors (Lipinski definition) is 1. The van der Waals surface area contributed by atoms with Crippen molar-refractivity contribution in [2.75, 3.05) is 49.8 Å². The number of amides is 2. The summed E-state index contributed by atoms with van der Waals surface area (Å²) in [5, 5.41) is 8.84. The monoisotopic (exact) mass is 760 g/mol. The average Bonchev–Trinajstić information content (AvgIpc) is 3.71. The number of aliphatic hydroxyl groups excluding tert-OH is 1. The fourth-order valence-corrected chi connectivity index (χ4v) is 6.01. The standard InChI is InChI=1S/C19H28N2O4.C18H28N2O3.C4H8O.B.Li.H/c1-19(2,3)25-18(23)21-13-7-8-14-11-12-15(20-17(14)21)9-5-6-10-16(22)24-4;1-18(2,3)23-17(22)20-12-7-8-14-10-11-15(19-16(14)20)9-5-4-6-13-21;1-2-4-5-3-1;;;/h11-12H,5-10,13H2,1-4H3;10-11,21H,4-9,12-13H2,1-3H3;1-4H2;;;/q;;;;+1;-1. The van der Waals surface area contributed by atoms with Crippen LogP contribution in [0.5, 0.6) is 0 Å². The van der Waals surface area contributed by atoms with E-state index >= 15 is 0 Å². The number of ether oxygens (including phenoxy) is 4. The molecule has 0 unspecified atom stereocenters. The summed E-state index contributed by atoms with van der Waals surface area (Å²) < 4.78 is 20.6. The molecule has 0 saturated carbocycles. The van der Waals surface area contributed by atoms with E-state index in [4.69, 9.17) is 29.3 Å². The van der Waals surface area contributed by atoms with E-state index in [1.54, 1.807) is 9.80 Å². The van der Waals surface area contributed by atoms with Crippen LogP contribution >= 0.6 is 0 Å². The van der Waals surface area contributed by atoms with Crippen molar-refractivity contribution in [2.45, 2.75) is 143 Å². The van der Waals surface area contributed by atoms with Crippen LogP contribution in [0.15, 0.2) is 24.3 Å². The van der Waals surface area contributed by atoms with Crippen LogP contribution in [0, 0.1) is 0 Å². The number of aromatic nitrogens is 2. The number of methoxy groups -OCH3 is 1. The van der Waals surface area contributed by atoms with Crippen molar-refractivity contribution < 1.29 is 58.7 Å². The molecule has 0 spiro atoms. The Labute approximate surface area is 345 Å². The van der Waals surface area contributed by atoms with Gasteiger partial charge in [0.1, 0.15) is 22.8 Å². The molecule has 1 N–H and O–H groups in total. The minimum Gasteiger partial charge on any atom is -1.00 e. The third-order valence-electron chi connectivity index (χ3n) is 8.63. The first kappa shape index (κ1) is 49.9. The maximum absolute atomic E-state index is 12.5. The summed E-state index contributed by atoms with van der Waals surface area (Å²) in [5.41, 5.74) is 3.09. The first-order valence-corrected chi connectivity index (χ1v) is 19.4. The zero-order valence-corrected chi connectivity index (χ0v) is 34.9. The molecule has 0 atom stereocenters. The zero-order valence-electron chi connectivity index (χ0n) is 35.9. The van der Waals surface area contributed by atoms with E-state index in [2.05, 4.69) is 22.9 Å². The fraction of sp³-hybridized carbons (Fsp3) is 0.683. The van der Waals surface area contributed by atoms with Gasteiger partial charge in [-0.2, -0.15) is 0 Å². The SMILES string of the molecule is C1CCOC1.CC(C)(C)OC(=O)N1CCCc2ccc(CCCCCO)nc21.COC(=O)CCCCc1ccc2c(n1)N(C(=O)OC(C)(C)C)CCC2.[B].[H-].[Li+]. The van der Waals surface area contributed by atoms with Crippen molar-refractivity contribution in [3.63, 3.8) is 0 Å². The van der Waals surface area contributed by atoms with Crippen molar-refractivity contribution >= 4 is 38.2 Å². The molecule has 0 bridgehead atoms. The summed E-state index contributed by atoms with van der Waals surface area (Å²) in [6.07, 6.45) is 12.1. The Morgan fingerprint density at radius 2 is 1.18 bits per heavy atom. The summed E-state index contributed by atoms with van der Waals surface area (Å²) in [6.45, 7) is 14.7. The quantitative estimate of drug-likeness (QED) is 0.158. The van der Waals surface area contributed by atoms with E-state index in [-0.39, 0.29) is 53.5 Å². The molecule has 0 aliphatic carbocycles. The second-order valence-electron chi connectivity index (χ2n) is 15.7. The number of esters is 1. The van der Waals surface area contributed by atoms with Crippen molar-refractivity contribution in [3.05, 3.63) is 46.8 Å². The van der Waals surface area contributed by atoms with Crippen molar-refractivity contribution in [1.29, 1.82) is 0 Å². The Morgan fingerprint density at radius 3 is 1.56 bits per heavy atom. The molecule has 2 aromatic rings. The second kappa shape index (κ2) is 25.2. The van der Waals surface area contributed by atoms with Gasteiger partial charge in [0, 0.05) is 59.1 Å². The van der Waals surface area contributed by atoms with Crippen LogP contribution in [-0.2, 0) is 49.4 Å². The molecule has 5 heterocycles. The van der Waals surface area contributed by atoms with Crippen LogP contribution in [-0.4, -0.2) is 92.9 Å². The van der Waals surface area contributed by atoms with Gasteiger partial charge in [0.2, 0.25) is 0 Å². The van der Waals surface area contributed by atoms with Crippen LogP contribution in [0.25, 0.3) is 0 Å². The number of unbranched alkanes of at least 4 members (excludes halogenated alkanes) is 3. The minimum absolute atomic E-state index is 0. The third kappa shape index (κ3) is 18.6. The average molecular weight is 760 g/mol. The van der Waals surface area contributed by atoms with E-state index in [0.29, 0.717) is 25.3 Å². The number of aliphatic hydroxyl groups is 1. The summed E-state index contributed by atoms with van der Waals surface area (Å²) in [5.74, 6) is 1.28. The number of anilines is 2. The predicted octanol–water partition coefficient (Wildman–Crippen LogP) is 4.66. The number of carbonyl (C=O) groups is 3. The predicted molar refractivity (Wildman–Crippen MR) is 213 cm³/mol. The van der Waals surface area contributed by atoms with Gasteiger partial charge in [0.25, 0.3) is 0 Å². The van der Waals surface area contributed by atoms with Crippen LogP contribution in [0.1, 0.15) is 130 Å². The Hall–Kier alpha value is -3.11. The van der Waals surface area contributed by atoms with Crippen LogP contribution in [0.4, 0.5) is 21.2 Å². The molecular weight excluding hydrogens is 694 g/mol. The number of aryl methyl sites for hydroxylation is 4. The fourth-order valence-electron chi connectivity index (χ4n) is 6.01. The van der Waals surface area contributed by atoms with Gasteiger partial charge in [-0.05, 0) is 142 Å². The van der Waals surface area contributed by atoms with E-state index in [1.807, 2.05) is 47.6 Å². The van der Waals surface area contributed by atoms with Crippen LogP contribution in [0.2, 0.25) is 0 Å². The van der Waals surface area contributed by atoms with Gasteiger partial charge >= 0.3 is 37.0 Å². The second-order valence-corrected chi connectivity index (χ2v) is 15.7. The molecular formula is C41H65BLiN4O8. The summed E-state index contributed by atoms with van der Waals surface area (Å²) >= 11 is 0. The number of nitrogens with zero attached hydrogens (tertiary/aromatic N) is 4. The number of pyridine rings is 2. The third-order valence-corrected chi connectivity index (χ3v) is 8.63. The number of fused-ring (bicyclic) bond motifs is 2. The first-order valence-electron chi connectivity index (χ1n) is 19.4. The van der Waals surface area contributed by atoms with E-state index in [1.165, 1.54) is 20.0 Å².